The van der Waals surface area contributed by atoms with E-state index in [-0.39, 0.29) is 18.7 Å². The Kier molecular flexibility index (Phi) is 6.20. The standard InChI is InChI=1S/C23H30N4O4/c1-14-4-3-11-26(18(14)5-2-10-24)13-15-6-7-16-17(12-15)23(31)27(22(16)30)19-8-9-20(28)25-21(19)29/h6-7,12,14,18-19H,2-5,8-11,13,24H2,1H3,(H,25,28,29). The van der Waals surface area contributed by atoms with Gasteiger partial charge in [-0.2, -0.15) is 0 Å². The number of nitrogens with two attached hydrogens (primary N) is 1. The molecule has 3 aliphatic heterocycles. The van der Waals surface area contributed by atoms with E-state index < -0.39 is 23.8 Å². The molecule has 166 valence electrons. The first-order chi connectivity index (χ1) is 14.9. The van der Waals surface area contributed by atoms with Gasteiger partial charge in [0, 0.05) is 19.0 Å². The van der Waals surface area contributed by atoms with E-state index in [9.17, 15) is 19.2 Å². The SMILES string of the molecule is CC1CCCN(Cc2ccc3c(c2)C(=O)N(C2CCC(=O)NC2=O)C3=O)C1CCCN. The highest BCUT2D eigenvalue weighted by atomic mass is 16.2. The van der Waals surface area contributed by atoms with E-state index in [0.717, 1.165) is 36.3 Å². The fraction of sp³-hybridized carbons (Fsp3) is 0.565. The van der Waals surface area contributed by atoms with Crippen molar-refractivity contribution in [2.24, 2.45) is 11.7 Å². The van der Waals surface area contributed by atoms with E-state index in [1.54, 1.807) is 12.1 Å². The summed E-state index contributed by atoms with van der Waals surface area (Å²) in [6.45, 7) is 4.69. The van der Waals surface area contributed by atoms with Crippen LogP contribution in [0.2, 0.25) is 0 Å². The van der Waals surface area contributed by atoms with Crippen LogP contribution >= 0.6 is 0 Å². The van der Waals surface area contributed by atoms with Gasteiger partial charge < -0.3 is 5.73 Å². The van der Waals surface area contributed by atoms with E-state index in [1.165, 1.54) is 6.42 Å². The number of nitrogens with one attached hydrogen (secondary N) is 1. The number of imide groups is 2. The van der Waals surface area contributed by atoms with Gasteiger partial charge in [-0.15, -0.1) is 0 Å². The summed E-state index contributed by atoms with van der Waals surface area (Å²) in [4.78, 5) is 53.1. The molecule has 3 N–H and O–H groups in total. The summed E-state index contributed by atoms with van der Waals surface area (Å²) in [6, 6.07) is 4.91. The lowest BCUT2D eigenvalue weighted by Gasteiger charge is -2.40. The maximum atomic E-state index is 13.0. The Bertz CT molecular complexity index is 915. The lowest BCUT2D eigenvalue weighted by Crippen LogP contribution is -2.54. The molecule has 8 heteroatoms. The second kappa shape index (κ2) is 8.88. The summed E-state index contributed by atoms with van der Waals surface area (Å²) in [5, 5.41) is 2.23. The number of carbonyl (C=O) groups is 4. The lowest BCUT2D eigenvalue weighted by molar-refractivity contribution is -0.136. The molecule has 3 aliphatic rings. The summed E-state index contributed by atoms with van der Waals surface area (Å²) >= 11 is 0. The molecule has 3 atom stereocenters. The minimum Gasteiger partial charge on any atom is -0.330 e. The van der Waals surface area contributed by atoms with Gasteiger partial charge in [-0.3, -0.25) is 34.3 Å². The average molecular weight is 427 g/mol. The van der Waals surface area contributed by atoms with Gasteiger partial charge in [-0.25, -0.2) is 0 Å². The zero-order valence-electron chi connectivity index (χ0n) is 17.9. The van der Waals surface area contributed by atoms with Crippen molar-refractivity contribution in [3.05, 3.63) is 34.9 Å². The predicted octanol–water partition coefficient (Wildman–Crippen LogP) is 1.43. The fourth-order valence-electron chi connectivity index (χ4n) is 5.18. The van der Waals surface area contributed by atoms with Gasteiger partial charge in [0.2, 0.25) is 11.8 Å². The van der Waals surface area contributed by atoms with Crippen molar-refractivity contribution in [2.45, 2.75) is 64.1 Å². The molecular formula is C23H30N4O4. The van der Waals surface area contributed by atoms with Crippen molar-refractivity contribution >= 4 is 23.6 Å². The molecule has 8 nitrogen and oxygen atoms in total. The number of rotatable bonds is 6. The quantitative estimate of drug-likeness (QED) is 0.666. The molecular weight excluding hydrogens is 396 g/mol. The number of carbonyl (C=O) groups excluding carboxylic acids is 4. The third-order valence-corrected chi connectivity index (χ3v) is 6.82. The normalized spacial score (nSPS) is 26.9. The van der Waals surface area contributed by atoms with Crippen molar-refractivity contribution in [1.29, 1.82) is 0 Å². The Morgan fingerprint density at radius 3 is 2.61 bits per heavy atom. The van der Waals surface area contributed by atoms with Crippen molar-refractivity contribution < 1.29 is 19.2 Å². The number of fused-ring (bicyclic) bond motifs is 1. The van der Waals surface area contributed by atoms with Crippen LogP contribution in [0.4, 0.5) is 0 Å². The highest BCUT2D eigenvalue weighted by molar-refractivity contribution is 6.23. The molecule has 0 saturated carbocycles. The Morgan fingerprint density at radius 2 is 1.87 bits per heavy atom. The third kappa shape index (κ3) is 4.14. The Labute approximate surface area is 182 Å². The maximum absolute atomic E-state index is 13.0. The molecule has 0 radical (unpaired) electrons. The Balaban J connectivity index is 1.53. The summed E-state index contributed by atoms with van der Waals surface area (Å²) in [6.07, 6.45) is 4.69. The first kappa shape index (κ1) is 21.6. The first-order valence-electron chi connectivity index (χ1n) is 11.2. The molecule has 3 unspecified atom stereocenters. The van der Waals surface area contributed by atoms with Crippen LogP contribution in [0, 0.1) is 5.92 Å². The van der Waals surface area contributed by atoms with Crippen molar-refractivity contribution in [3.8, 4) is 0 Å². The highest BCUT2D eigenvalue weighted by Gasteiger charge is 2.44. The molecule has 3 heterocycles. The molecule has 0 bridgehead atoms. The van der Waals surface area contributed by atoms with Crippen molar-refractivity contribution in [1.82, 2.24) is 15.1 Å². The summed E-state index contributed by atoms with van der Waals surface area (Å²) in [5.41, 5.74) is 7.38. The molecule has 0 aromatic heterocycles. The Hall–Kier alpha value is -2.58. The summed E-state index contributed by atoms with van der Waals surface area (Å²) in [5.74, 6) is -1.28. The van der Waals surface area contributed by atoms with E-state index in [1.807, 2.05) is 6.07 Å². The molecule has 2 saturated heterocycles. The summed E-state index contributed by atoms with van der Waals surface area (Å²) < 4.78 is 0. The number of hydrogen-bond acceptors (Lipinski definition) is 6. The van der Waals surface area contributed by atoms with Gasteiger partial charge in [0.05, 0.1) is 11.1 Å². The number of likely N-dealkylation sites (tertiary alicyclic amines) is 1. The van der Waals surface area contributed by atoms with Gasteiger partial charge in [0.1, 0.15) is 6.04 Å². The van der Waals surface area contributed by atoms with Crippen LogP contribution in [-0.2, 0) is 16.1 Å². The van der Waals surface area contributed by atoms with Gasteiger partial charge in [0.25, 0.3) is 11.8 Å². The van der Waals surface area contributed by atoms with Crippen LogP contribution in [0.5, 0.6) is 0 Å². The van der Waals surface area contributed by atoms with E-state index in [4.69, 9.17) is 5.73 Å². The molecule has 2 fully saturated rings. The minimum absolute atomic E-state index is 0.117. The van der Waals surface area contributed by atoms with Crippen LogP contribution in [-0.4, -0.2) is 58.6 Å². The second-order valence-electron chi connectivity index (χ2n) is 8.92. The number of benzene rings is 1. The lowest BCUT2D eigenvalue weighted by atomic mass is 9.87. The monoisotopic (exact) mass is 426 g/mol. The smallest absolute Gasteiger partial charge is 0.262 e. The Morgan fingerprint density at radius 1 is 1.10 bits per heavy atom. The zero-order chi connectivity index (χ0) is 22.1. The van der Waals surface area contributed by atoms with Crippen LogP contribution in [0.3, 0.4) is 0 Å². The molecule has 4 amide bonds. The largest absolute Gasteiger partial charge is 0.330 e. The molecule has 4 rings (SSSR count). The first-order valence-corrected chi connectivity index (χ1v) is 11.2. The predicted molar refractivity (Wildman–Crippen MR) is 114 cm³/mol. The zero-order valence-corrected chi connectivity index (χ0v) is 17.9. The highest BCUT2D eigenvalue weighted by Crippen LogP contribution is 2.31. The number of piperidine rings is 2. The van der Waals surface area contributed by atoms with Crippen LogP contribution in [0.15, 0.2) is 18.2 Å². The van der Waals surface area contributed by atoms with E-state index in [0.29, 0.717) is 36.2 Å². The van der Waals surface area contributed by atoms with Gasteiger partial charge >= 0.3 is 0 Å². The number of nitrogens with zero attached hydrogens (tertiary/aromatic N) is 2. The average Bonchev–Trinajstić information content (AvgIpc) is 2.98. The molecule has 1 aromatic rings. The van der Waals surface area contributed by atoms with Gasteiger partial charge in [-0.05, 0) is 68.8 Å². The van der Waals surface area contributed by atoms with E-state index >= 15 is 0 Å². The third-order valence-electron chi connectivity index (χ3n) is 6.82. The molecule has 31 heavy (non-hydrogen) atoms. The van der Waals surface area contributed by atoms with Crippen LogP contribution < -0.4 is 11.1 Å². The summed E-state index contributed by atoms with van der Waals surface area (Å²) in [7, 11) is 0. The topological polar surface area (TPSA) is 113 Å². The molecule has 1 aromatic carbocycles. The molecule has 0 spiro atoms. The minimum atomic E-state index is -0.933. The molecule has 0 aliphatic carbocycles. The van der Waals surface area contributed by atoms with Crippen LogP contribution in [0.25, 0.3) is 0 Å². The number of hydrogen-bond donors (Lipinski definition) is 2. The number of amides is 4. The van der Waals surface area contributed by atoms with Gasteiger partial charge in [-0.1, -0.05) is 13.0 Å². The second-order valence-corrected chi connectivity index (χ2v) is 8.92. The maximum Gasteiger partial charge on any atom is 0.262 e. The fourth-order valence-corrected chi connectivity index (χ4v) is 5.18. The van der Waals surface area contributed by atoms with Gasteiger partial charge in [0.15, 0.2) is 0 Å². The van der Waals surface area contributed by atoms with Crippen molar-refractivity contribution in [2.75, 3.05) is 13.1 Å². The van der Waals surface area contributed by atoms with Crippen molar-refractivity contribution in [3.63, 3.8) is 0 Å². The van der Waals surface area contributed by atoms with Crippen LogP contribution in [0.1, 0.15) is 71.7 Å². The van der Waals surface area contributed by atoms with E-state index in [2.05, 4.69) is 17.1 Å².